The molecule has 0 aliphatic heterocycles. The second-order valence-corrected chi connectivity index (χ2v) is 11.0. The van der Waals surface area contributed by atoms with Crippen LogP contribution in [0.2, 0.25) is 15.1 Å². The normalized spacial score (nSPS) is 12.5. The van der Waals surface area contributed by atoms with Crippen LogP contribution in [-0.2, 0) is 20.6 Å². The third-order valence-electron chi connectivity index (χ3n) is 4.30. The van der Waals surface area contributed by atoms with Gasteiger partial charge >= 0.3 is 0 Å². The molecule has 0 heterocycles. The Morgan fingerprint density at radius 1 is 1.13 bits per heavy atom. The molecule has 10 heteroatoms. The van der Waals surface area contributed by atoms with Crippen LogP contribution in [0.1, 0.15) is 18.1 Å². The van der Waals surface area contributed by atoms with Crippen molar-refractivity contribution in [2.75, 3.05) is 22.9 Å². The summed E-state index contributed by atoms with van der Waals surface area (Å²) in [6.07, 6.45) is 1.07. The number of aryl methyl sites for hydroxylation is 1. The van der Waals surface area contributed by atoms with Crippen LogP contribution in [0.3, 0.4) is 0 Å². The summed E-state index contributed by atoms with van der Waals surface area (Å²) < 4.78 is 25.9. The molecule has 0 spiro atoms. The molecule has 30 heavy (non-hydrogen) atoms. The van der Waals surface area contributed by atoms with E-state index < -0.39 is 16.1 Å². The van der Waals surface area contributed by atoms with E-state index >= 15 is 0 Å². The van der Waals surface area contributed by atoms with E-state index in [2.05, 4.69) is 5.32 Å². The lowest BCUT2D eigenvalue weighted by atomic mass is 10.2. The predicted octanol–water partition coefficient (Wildman–Crippen LogP) is 5.16. The fourth-order valence-corrected chi connectivity index (χ4v) is 5.33. The first-order valence-corrected chi connectivity index (χ1v) is 13.2. The number of hydrogen-bond donors (Lipinski definition) is 1. The molecule has 2 aromatic carbocycles. The van der Waals surface area contributed by atoms with Crippen molar-refractivity contribution in [3.63, 3.8) is 0 Å². The van der Waals surface area contributed by atoms with Crippen LogP contribution in [0.4, 0.5) is 5.69 Å². The smallest absolute Gasteiger partial charge is 0.243 e. The number of carbonyl (C=O) groups excluding carboxylic acids is 1. The molecule has 0 radical (unpaired) electrons. The van der Waals surface area contributed by atoms with Gasteiger partial charge in [0.1, 0.15) is 6.04 Å². The quantitative estimate of drug-likeness (QED) is 0.474. The second-order valence-electron chi connectivity index (χ2n) is 6.76. The van der Waals surface area contributed by atoms with Crippen molar-refractivity contribution in [1.82, 2.24) is 5.32 Å². The maximum atomic E-state index is 12.6. The molecule has 2 aromatic rings. The first-order chi connectivity index (χ1) is 14.0. The van der Waals surface area contributed by atoms with E-state index in [1.807, 2.05) is 12.1 Å². The Hall–Kier alpha value is -1.12. The average molecular weight is 510 g/mol. The summed E-state index contributed by atoms with van der Waals surface area (Å²) in [6.45, 7) is 3.73. The first-order valence-electron chi connectivity index (χ1n) is 9.05. The molecule has 0 saturated heterocycles. The summed E-state index contributed by atoms with van der Waals surface area (Å²) in [5, 5.41) is 4.22. The van der Waals surface area contributed by atoms with Gasteiger partial charge in [-0.1, -0.05) is 46.9 Å². The number of nitrogens with zero attached hydrogens (tertiary/aromatic N) is 1. The molecule has 0 bridgehead atoms. The van der Waals surface area contributed by atoms with Gasteiger partial charge in [-0.3, -0.25) is 9.10 Å². The number of amides is 1. The minimum Gasteiger partial charge on any atom is -0.353 e. The van der Waals surface area contributed by atoms with Crippen LogP contribution in [0.15, 0.2) is 36.4 Å². The highest BCUT2D eigenvalue weighted by Crippen LogP contribution is 2.28. The fourth-order valence-electron chi connectivity index (χ4n) is 2.81. The van der Waals surface area contributed by atoms with E-state index in [1.54, 1.807) is 49.9 Å². The molecule has 0 saturated carbocycles. The van der Waals surface area contributed by atoms with Gasteiger partial charge in [-0.25, -0.2) is 8.42 Å². The highest BCUT2D eigenvalue weighted by atomic mass is 35.5. The Bertz CT molecular complexity index is 1020. The fraction of sp³-hybridized carbons (Fsp3) is 0.350. The highest BCUT2D eigenvalue weighted by Gasteiger charge is 2.30. The van der Waals surface area contributed by atoms with Gasteiger partial charge in [-0.15, -0.1) is 0 Å². The van der Waals surface area contributed by atoms with Gasteiger partial charge in [0.2, 0.25) is 15.9 Å². The second kappa shape index (κ2) is 11.0. The summed E-state index contributed by atoms with van der Waals surface area (Å²) in [5.74, 6) is 1.00. The van der Waals surface area contributed by atoms with Gasteiger partial charge < -0.3 is 5.32 Å². The lowest BCUT2D eigenvalue weighted by Gasteiger charge is -2.29. The number of hydrogen-bond acceptors (Lipinski definition) is 4. The topological polar surface area (TPSA) is 66.5 Å². The molecule has 1 atom stereocenters. The summed E-state index contributed by atoms with van der Waals surface area (Å²) >= 11 is 19.6. The van der Waals surface area contributed by atoms with Crippen molar-refractivity contribution in [2.24, 2.45) is 0 Å². The van der Waals surface area contributed by atoms with Crippen LogP contribution in [0.25, 0.3) is 0 Å². The number of rotatable bonds is 9. The number of thioether (sulfide) groups is 1. The van der Waals surface area contributed by atoms with Gasteiger partial charge in [-0.05, 0) is 49.2 Å². The highest BCUT2D eigenvalue weighted by molar-refractivity contribution is 7.98. The Balaban J connectivity index is 1.95. The molecule has 0 aliphatic rings. The molecule has 0 unspecified atom stereocenters. The van der Waals surface area contributed by atoms with Crippen LogP contribution in [-0.4, -0.2) is 38.9 Å². The summed E-state index contributed by atoms with van der Waals surface area (Å²) in [7, 11) is -3.70. The van der Waals surface area contributed by atoms with Gasteiger partial charge in [0.25, 0.3) is 0 Å². The maximum Gasteiger partial charge on any atom is 0.243 e. The molecule has 1 N–H and O–H groups in total. The molecule has 0 aliphatic carbocycles. The largest absolute Gasteiger partial charge is 0.353 e. The zero-order valence-corrected chi connectivity index (χ0v) is 20.7. The third kappa shape index (κ3) is 6.95. The standard InChI is InChI=1S/C20H23Cl3N2O3S2/c1-13-4-6-16(21)11-19(13)25(30(3,27)28)14(2)20(26)24-8-9-29-12-15-5-7-17(22)18(23)10-15/h4-7,10-11,14H,8-9,12H2,1-3H3,(H,24,26)/t14-/m1/s1. The summed E-state index contributed by atoms with van der Waals surface area (Å²) in [4.78, 5) is 12.6. The van der Waals surface area contributed by atoms with Crippen LogP contribution < -0.4 is 9.62 Å². The summed E-state index contributed by atoms with van der Waals surface area (Å²) in [5.41, 5.74) is 2.14. The van der Waals surface area contributed by atoms with Gasteiger partial charge in [0.05, 0.1) is 22.0 Å². The van der Waals surface area contributed by atoms with E-state index in [1.165, 1.54) is 0 Å². The molecule has 164 valence electrons. The van der Waals surface area contributed by atoms with E-state index in [4.69, 9.17) is 34.8 Å². The average Bonchev–Trinajstić information content (AvgIpc) is 2.66. The number of carbonyl (C=O) groups is 1. The maximum absolute atomic E-state index is 12.6. The number of benzene rings is 2. The van der Waals surface area contributed by atoms with Crippen molar-refractivity contribution < 1.29 is 13.2 Å². The van der Waals surface area contributed by atoms with Gasteiger partial charge in [0.15, 0.2) is 0 Å². The molecule has 1 amide bonds. The molecular formula is C20H23Cl3N2O3S2. The molecule has 2 rings (SSSR count). The van der Waals surface area contributed by atoms with E-state index in [9.17, 15) is 13.2 Å². The third-order valence-corrected chi connectivity index (χ3v) is 7.53. The number of anilines is 1. The van der Waals surface area contributed by atoms with Crippen LogP contribution in [0.5, 0.6) is 0 Å². The molecular weight excluding hydrogens is 487 g/mol. The van der Waals surface area contributed by atoms with Crippen molar-refractivity contribution in [3.05, 3.63) is 62.6 Å². The SMILES string of the molecule is Cc1ccc(Cl)cc1N([C@H](C)C(=O)NCCSCc1ccc(Cl)c(Cl)c1)S(C)(=O)=O. The number of nitrogens with one attached hydrogen (secondary N) is 1. The van der Waals surface area contributed by atoms with Crippen molar-refractivity contribution >= 4 is 68.2 Å². The van der Waals surface area contributed by atoms with Crippen LogP contribution in [0, 0.1) is 6.92 Å². The number of sulfonamides is 1. The Morgan fingerprint density at radius 2 is 1.83 bits per heavy atom. The number of halogens is 3. The van der Waals surface area contributed by atoms with Gasteiger partial charge in [0, 0.05) is 23.1 Å². The van der Waals surface area contributed by atoms with Crippen LogP contribution >= 0.6 is 46.6 Å². The monoisotopic (exact) mass is 508 g/mol. The van der Waals surface area contributed by atoms with E-state index in [-0.39, 0.29) is 5.91 Å². The molecule has 5 nitrogen and oxygen atoms in total. The predicted molar refractivity (Wildman–Crippen MR) is 129 cm³/mol. The van der Waals surface area contributed by atoms with Crippen molar-refractivity contribution in [1.29, 1.82) is 0 Å². The van der Waals surface area contributed by atoms with Crippen molar-refractivity contribution in [2.45, 2.75) is 25.6 Å². The first kappa shape index (κ1) is 25.1. The lowest BCUT2D eigenvalue weighted by molar-refractivity contribution is -0.121. The Morgan fingerprint density at radius 3 is 2.47 bits per heavy atom. The minimum atomic E-state index is -3.70. The van der Waals surface area contributed by atoms with Gasteiger partial charge in [-0.2, -0.15) is 11.8 Å². The van der Waals surface area contributed by atoms with E-state index in [0.717, 1.165) is 21.9 Å². The summed E-state index contributed by atoms with van der Waals surface area (Å²) in [6, 6.07) is 9.50. The van der Waals surface area contributed by atoms with Crippen molar-refractivity contribution in [3.8, 4) is 0 Å². The zero-order chi connectivity index (χ0) is 22.5. The van der Waals surface area contributed by atoms with E-state index in [0.29, 0.717) is 38.6 Å². The Labute approximate surface area is 197 Å². The molecule has 0 aromatic heterocycles. The Kier molecular flexibility index (Phi) is 9.18. The lowest BCUT2D eigenvalue weighted by Crippen LogP contribution is -2.48. The zero-order valence-electron chi connectivity index (χ0n) is 16.8. The minimum absolute atomic E-state index is 0.380. The molecule has 0 fully saturated rings.